The van der Waals surface area contributed by atoms with Gasteiger partial charge in [0.15, 0.2) is 0 Å². The van der Waals surface area contributed by atoms with E-state index >= 15 is 0 Å². The first kappa shape index (κ1) is 12.3. The van der Waals surface area contributed by atoms with Crippen LogP contribution in [-0.4, -0.2) is 16.8 Å². The van der Waals surface area contributed by atoms with Crippen LogP contribution in [0.15, 0.2) is 34.9 Å². The number of nitrogens with zero attached hydrogens (tertiary/aromatic N) is 2. The molecular weight excluding hydrogens is 278 g/mol. The van der Waals surface area contributed by atoms with Gasteiger partial charge < -0.3 is 5.32 Å². The van der Waals surface area contributed by atoms with Crippen molar-refractivity contribution < 1.29 is 0 Å². The molecule has 3 nitrogen and oxygen atoms in total. The van der Waals surface area contributed by atoms with E-state index in [1.807, 2.05) is 30.1 Å². The molecular formula is C13H16BrN3. The van der Waals surface area contributed by atoms with Gasteiger partial charge in [-0.05, 0) is 39.1 Å². The minimum absolute atomic E-state index is 0.316. The summed E-state index contributed by atoms with van der Waals surface area (Å²) >= 11 is 3.48. The summed E-state index contributed by atoms with van der Waals surface area (Å²) in [6, 6.07) is 8.46. The first-order valence-corrected chi connectivity index (χ1v) is 6.40. The third-order valence-corrected chi connectivity index (χ3v) is 3.49. The second kappa shape index (κ2) is 5.02. The number of halogens is 1. The fourth-order valence-corrected chi connectivity index (χ4v) is 2.26. The van der Waals surface area contributed by atoms with Crippen molar-refractivity contribution in [3.05, 3.63) is 46.2 Å². The molecule has 17 heavy (non-hydrogen) atoms. The normalized spacial score (nSPS) is 12.7. The Morgan fingerprint density at radius 2 is 2.18 bits per heavy atom. The van der Waals surface area contributed by atoms with E-state index in [0.29, 0.717) is 6.04 Å². The van der Waals surface area contributed by atoms with Gasteiger partial charge >= 0.3 is 0 Å². The second-order valence-electron chi connectivity index (χ2n) is 4.09. The third kappa shape index (κ3) is 2.42. The molecule has 0 amide bonds. The lowest BCUT2D eigenvalue weighted by Gasteiger charge is -2.10. The Morgan fingerprint density at radius 1 is 1.41 bits per heavy atom. The summed E-state index contributed by atoms with van der Waals surface area (Å²) in [5.41, 5.74) is 3.48. The van der Waals surface area contributed by atoms with Crippen molar-refractivity contribution in [1.29, 1.82) is 0 Å². The number of hydrogen-bond acceptors (Lipinski definition) is 2. The Hall–Kier alpha value is -1.13. The van der Waals surface area contributed by atoms with Crippen molar-refractivity contribution in [1.82, 2.24) is 15.1 Å². The van der Waals surface area contributed by atoms with Crippen LogP contribution in [0.5, 0.6) is 0 Å². The Kier molecular flexibility index (Phi) is 3.64. The van der Waals surface area contributed by atoms with Gasteiger partial charge in [0.05, 0.1) is 11.9 Å². The summed E-state index contributed by atoms with van der Waals surface area (Å²) in [5.74, 6) is 0. The number of rotatable bonds is 3. The maximum absolute atomic E-state index is 4.45. The molecule has 1 aromatic carbocycles. The van der Waals surface area contributed by atoms with Crippen LogP contribution in [0, 0.1) is 6.92 Å². The van der Waals surface area contributed by atoms with E-state index in [-0.39, 0.29) is 0 Å². The number of hydrogen-bond donors (Lipinski definition) is 1. The van der Waals surface area contributed by atoms with Gasteiger partial charge in [0.25, 0.3) is 0 Å². The monoisotopic (exact) mass is 293 g/mol. The maximum Gasteiger partial charge on any atom is 0.0660 e. The molecule has 1 unspecified atom stereocenters. The minimum atomic E-state index is 0.316. The molecule has 1 atom stereocenters. The zero-order valence-corrected chi connectivity index (χ0v) is 11.8. The molecule has 0 radical (unpaired) electrons. The molecule has 0 aliphatic carbocycles. The molecule has 1 heterocycles. The Labute approximate surface area is 110 Å². The van der Waals surface area contributed by atoms with Crippen LogP contribution < -0.4 is 5.32 Å². The van der Waals surface area contributed by atoms with Crippen LogP contribution in [0.25, 0.3) is 5.69 Å². The predicted octanol–water partition coefficient (Wildman–Crippen LogP) is 3.22. The highest BCUT2D eigenvalue weighted by Crippen LogP contribution is 2.21. The highest BCUT2D eigenvalue weighted by Gasteiger charge is 2.12. The van der Waals surface area contributed by atoms with E-state index in [1.165, 1.54) is 11.3 Å². The van der Waals surface area contributed by atoms with Crippen LogP contribution in [-0.2, 0) is 0 Å². The first-order valence-electron chi connectivity index (χ1n) is 5.61. The van der Waals surface area contributed by atoms with Crippen LogP contribution in [0.3, 0.4) is 0 Å². The van der Waals surface area contributed by atoms with Crippen molar-refractivity contribution in [3.8, 4) is 5.69 Å². The second-order valence-corrected chi connectivity index (χ2v) is 5.00. The first-order chi connectivity index (χ1) is 8.13. The largest absolute Gasteiger partial charge is 0.313 e. The van der Waals surface area contributed by atoms with Crippen molar-refractivity contribution in [3.63, 3.8) is 0 Å². The topological polar surface area (TPSA) is 29.9 Å². The molecule has 4 heteroatoms. The van der Waals surface area contributed by atoms with Gasteiger partial charge in [0.1, 0.15) is 0 Å². The van der Waals surface area contributed by atoms with E-state index in [2.05, 4.69) is 52.3 Å². The van der Waals surface area contributed by atoms with Gasteiger partial charge in [0.2, 0.25) is 0 Å². The number of aromatic nitrogens is 2. The van der Waals surface area contributed by atoms with E-state index in [0.717, 1.165) is 10.2 Å². The van der Waals surface area contributed by atoms with Crippen LogP contribution in [0.2, 0.25) is 0 Å². The molecule has 0 bridgehead atoms. The molecule has 1 aromatic heterocycles. The quantitative estimate of drug-likeness (QED) is 0.942. The van der Waals surface area contributed by atoms with E-state index < -0.39 is 0 Å². The molecule has 0 fully saturated rings. The van der Waals surface area contributed by atoms with Crippen molar-refractivity contribution in [2.45, 2.75) is 19.9 Å². The molecule has 2 rings (SSSR count). The fraction of sp³-hybridized carbons (Fsp3) is 0.308. The molecule has 2 aromatic rings. The lowest BCUT2D eigenvalue weighted by atomic mass is 10.1. The molecule has 0 spiro atoms. The van der Waals surface area contributed by atoms with Gasteiger partial charge in [0, 0.05) is 21.8 Å². The summed E-state index contributed by atoms with van der Waals surface area (Å²) in [4.78, 5) is 0. The van der Waals surface area contributed by atoms with Crippen molar-refractivity contribution in [2.75, 3.05) is 7.05 Å². The average Bonchev–Trinajstić information content (AvgIpc) is 2.70. The molecule has 0 saturated carbocycles. The Balaban J connectivity index is 2.44. The predicted molar refractivity (Wildman–Crippen MR) is 73.5 cm³/mol. The molecule has 0 saturated heterocycles. The number of nitrogens with one attached hydrogen (secondary N) is 1. The van der Waals surface area contributed by atoms with E-state index in [1.54, 1.807) is 0 Å². The van der Waals surface area contributed by atoms with Crippen LogP contribution in [0.1, 0.15) is 24.2 Å². The standard InChI is InChI=1S/C13H16BrN3/c1-9(15-3)13-8-16-17(10(13)2)12-6-4-5-11(14)7-12/h4-9,15H,1-3H3. The highest BCUT2D eigenvalue weighted by molar-refractivity contribution is 9.10. The highest BCUT2D eigenvalue weighted by atomic mass is 79.9. The molecule has 0 aliphatic rings. The SMILES string of the molecule is CNC(C)c1cnn(-c2cccc(Br)c2)c1C. The van der Waals surface area contributed by atoms with Crippen molar-refractivity contribution in [2.24, 2.45) is 0 Å². The van der Waals surface area contributed by atoms with Gasteiger partial charge in [-0.15, -0.1) is 0 Å². The molecule has 90 valence electrons. The lowest BCUT2D eigenvalue weighted by molar-refractivity contribution is 0.647. The van der Waals surface area contributed by atoms with Gasteiger partial charge in [-0.25, -0.2) is 4.68 Å². The van der Waals surface area contributed by atoms with Gasteiger partial charge in [-0.2, -0.15) is 5.10 Å². The smallest absolute Gasteiger partial charge is 0.0660 e. The van der Waals surface area contributed by atoms with Gasteiger partial charge in [-0.1, -0.05) is 22.0 Å². The maximum atomic E-state index is 4.45. The minimum Gasteiger partial charge on any atom is -0.313 e. The summed E-state index contributed by atoms with van der Waals surface area (Å²) in [7, 11) is 1.96. The average molecular weight is 294 g/mol. The third-order valence-electron chi connectivity index (χ3n) is 3.00. The fourth-order valence-electron chi connectivity index (χ4n) is 1.87. The van der Waals surface area contributed by atoms with Crippen LogP contribution in [0.4, 0.5) is 0 Å². The molecule has 0 aliphatic heterocycles. The summed E-state index contributed by atoms with van der Waals surface area (Å²) in [6.07, 6.45) is 1.93. The van der Waals surface area contributed by atoms with E-state index in [4.69, 9.17) is 0 Å². The van der Waals surface area contributed by atoms with Crippen molar-refractivity contribution >= 4 is 15.9 Å². The van der Waals surface area contributed by atoms with Crippen LogP contribution >= 0.6 is 15.9 Å². The van der Waals surface area contributed by atoms with E-state index in [9.17, 15) is 0 Å². The number of benzene rings is 1. The summed E-state index contributed by atoms with van der Waals surface area (Å²) in [6.45, 7) is 4.23. The Morgan fingerprint density at radius 3 is 2.82 bits per heavy atom. The molecule has 1 N–H and O–H groups in total. The summed E-state index contributed by atoms with van der Waals surface area (Å²) < 4.78 is 3.03. The zero-order chi connectivity index (χ0) is 12.4. The summed E-state index contributed by atoms with van der Waals surface area (Å²) in [5, 5.41) is 7.69. The Bertz CT molecular complexity index is 519. The van der Waals surface area contributed by atoms with Gasteiger partial charge in [-0.3, -0.25) is 0 Å². The lowest BCUT2D eigenvalue weighted by Crippen LogP contribution is -2.13. The zero-order valence-electron chi connectivity index (χ0n) is 10.2.